The predicted octanol–water partition coefficient (Wildman–Crippen LogP) is 1.64. The van der Waals surface area contributed by atoms with Crippen LogP contribution in [0.2, 0.25) is 0 Å². The summed E-state index contributed by atoms with van der Waals surface area (Å²) in [6, 6.07) is 1.22. The number of nitrogens with one attached hydrogen (secondary N) is 4. The molecule has 0 aliphatic heterocycles. The zero-order valence-corrected chi connectivity index (χ0v) is 15.5. The molecule has 5 nitrogen and oxygen atoms in total. The fourth-order valence-corrected chi connectivity index (χ4v) is 2.23. The van der Waals surface area contributed by atoms with Crippen molar-refractivity contribution in [3.05, 3.63) is 0 Å². The molecular weight excluding hydrogens is 276 g/mol. The first-order valence-corrected chi connectivity index (χ1v) is 8.83. The Morgan fingerprint density at radius 2 is 1.36 bits per heavy atom. The lowest BCUT2D eigenvalue weighted by Crippen LogP contribution is -2.48. The van der Waals surface area contributed by atoms with Gasteiger partial charge in [0.15, 0.2) is 0 Å². The van der Waals surface area contributed by atoms with Gasteiger partial charge in [-0.05, 0) is 19.4 Å². The van der Waals surface area contributed by atoms with E-state index >= 15 is 0 Å². The van der Waals surface area contributed by atoms with Crippen molar-refractivity contribution in [1.29, 1.82) is 0 Å². The van der Waals surface area contributed by atoms with Gasteiger partial charge in [0.25, 0.3) is 0 Å². The highest BCUT2D eigenvalue weighted by Crippen LogP contribution is 2.02. The Morgan fingerprint density at radius 3 is 1.91 bits per heavy atom. The van der Waals surface area contributed by atoms with Crippen LogP contribution in [-0.2, 0) is 4.79 Å². The van der Waals surface area contributed by atoms with Gasteiger partial charge in [0.2, 0.25) is 5.91 Å². The second-order valence-electron chi connectivity index (χ2n) is 6.88. The van der Waals surface area contributed by atoms with Crippen molar-refractivity contribution in [2.24, 2.45) is 0 Å². The minimum atomic E-state index is -0.0851. The fourth-order valence-electron chi connectivity index (χ4n) is 2.23. The van der Waals surface area contributed by atoms with Gasteiger partial charge in [-0.25, -0.2) is 0 Å². The van der Waals surface area contributed by atoms with Crippen LogP contribution in [0, 0.1) is 0 Å². The molecule has 0 aromatic heterocycles. The van der Waals surface area contributed by atoms with E-state index in [2.05, 4.69) is 62.8 Å². The van der Waals surface area contributed by atoms with Crippen molar-refractivity contribution in [2.75, 3.05) is 19.6 Å². The Labute approximate surface area is 137 Å². The lowest BCUT2D eigenvalue weighted by atomic mass is 10.1. The van der Waals surface area contributed by atoms with Crippen LogP contribution >= 0.6 is 0 Å². The molecule has 5 heteroatoms. The first-order chi connectivity index (χ1) is 10.3. The molecule has 1 atom stereocenters. The zero-order chi connectivity index (χ0) is 17.0. The van der Waals surface area contributed by atoms with Crippen molar-refractivity contribution in [3.63, 3.8) is 0 Å². The molecule has 0 radical (unpaired) electrons. The standard InChI is InChI=1S/C17H38N4O/c1-13(2)18-10-8-7-9-16(21-15(5)6)17(22)20-12-11-19-14(3)4/h13-16,18-19,21H,7-12H2,1-6H3,(H,20,22)/t16-/m0/s1. The first kappa shape index (κ1) is 21.4. The van der Waals surface area contributed by atoms with E-state index in [0.29, 0.717) is 24.7 Å². The zero-order valence-electron chi connectivity index (χ0n) is 15.5. The maximum atomic E-state index is 12.3. The van der Waals surface area contributed by atoms with Crippen LogP contribution < -0.4 is 21.3 Å². The van der Waals surface area contributed by atoms with Crippen LogP contribution in [0.4, 0.5) is 0 Å². The number of carbonyl (C=O) groups excluding carboxylic acids is 1. The lowest BCUT2D eigenvalue weighted by molar-refractivity contribution is -0.123. The molecule has 0 aromatic carbocycles. The summed E-state index contributed by atoms with van der Waals surface area (Å²) >= 11 is 0. The van der Waals surface area contributed by atoms with Crippen LogP contribution in [0.3, 0.4) is 0 Å². The summed E-state index contributed by atoms with van der Waals surface area (Å²) in [7, 11) is 0. The van der Waals surface area contributed by atoms with Crippen molar-refractivity contribution in [2.45, 2.75) is 85.0 Å². The molecule has 0 saturated heterocycles. The van der Waals surface area contributed by atoms with Gasteiger partial charge in [-0.15, -0.1) is 0 Å². The topological polar surface area (TPSA) is 65.2 Å². The molecule has 0 heterocycles. The average Bonchev–Trinajstić information content (AvgIpc) is 2.40. The van der Waals surface area contributed by atoms with Crippen LogP contribution in [0.5, 0.6) is 0 Å². The van der Waals surface area contributed by atoms with Gasteiger partial charge in [0, 0.05) is 31.2 Å². The summed E-state index contributed by atoms with van der Waals surface area (Å²) in [6.45, 7) is 15.2. The maximum absolute atomic E-state index is 12.3. The molecule has 0 fully saturated rings. The molecule has 132 valence electrons. The van der Waals surface area contributed by atoms with Gasteiger partial charge in [-0.2, -0.15) is 0 Å². The monoisotopic (exact) mass is 314 g/mol. The van der Waals surface area contributed by atoms with Gasteiger partial charge in [0.1, 0.15) is 0 Å². The summed E-state index contributed by atoms with van der Waals surface area (Å²) in [5.74, 6) is 0.121. The first-order valence-electron chi connectivity index (χ1n) is 8.83. The summed E-state index contributed by atoms with van der Waals surface area (Å²) in [5, 5.41) is 13.1. The largest absolute Gasteiger partial charge is 0.353 e. The fraction of sp³-hybridized carbons (Fsp3) is 0.941. The van der Waals surface area contributed by atoms with E-state index in [0.717, 1.165) is 32.4 Å². The molecule has 0 saturated carbocycles. The highest BCUT2D eigenvalue weighted by Gasteiger charge is 2.18. The number of amides is 1. The second-order valence-corrected chi connectivity index (χ2v) is 6.88. The smallest absolute Gasteiger partial charge is 0.237 e. The molecule has 0 rings (SSSR count). The molecule has 0 bridgehead atoms. The number of hydrogen-bond donors (Lipinski definition) is 4. The highest BCUT2D eigenvalue weighted by molar-refractivity contribution is 5.81. The molecule has 0 unspecified atom stereocenters. The number of hydrogen-bond acceptors (Lipinski definition) is 4. The van der Waals surface area contributed by atoms with Crippen molar-refractivity contribution < 1.29 is 4.79 Å². The second kappa shape index (κ2) is 12.9. The number of rotatable bonds is 13. The number of unbranched alkanes of at least 4 members (excludes halogenated alkanes) is 1. The summed E-state index contributed by atoms with van der Waals surface area (Å²) < 4.78 is 0. The minimum absolute atomic E-state index is 0.0851. The third-order valence-corrected chi connectivity index (χ3v) is 3.30. The summed E-state index contributed by atoms with van der Waals surface area (Å²) in [4.78, 5) is 12.3. The quantitative estimate of drug-likeness (QED) is 0.390. The molecule has 4 N–H and O–H groups in total. The van der Waals surface area contributed by atoms with E-state index in [1.54, 1.807) is 0 Å². The average molecular weight is 315 g/mol. The predicted molar refractivity (Wildman–Crippen MR) is 95.2 cm³/mol. The van der Waals surface area contributed by atoms with E-state index in [-0.39, 0.29) is 11.9 Å². The summed E-state index contributed by atoms with van der Waals surface area (Å²) in [5.41, 5.74) is 0. The third-order valence-electron chi connectivity index (χ3n) is 3.30. The summed E-state index contributed by atoms with van der Waals surface area (Å²) in [6.07, 6.45) is 3.06. The Morgan fingerprint density at radius 1 is 0.773 bits per heavy atom. The van der Waals surface area contributed by atoms with Gasteiger partial charge >= 0.3 is 0 Å². The van der Waals surface area contributed by atoms with E-state index in [9.17, 15) is 4.79 Å². The van der Waals surface area contributed by atoms with Crippen molar-refractivity contribution >= 4 is 5.91 Å². The van der Waals surface area contributed by atoms with Crippen molar-refractivity contribution in [3.8, 4) is 0 Å². The van der Waals surface area contributed by atoms with E-state index in [4.69, 9.17) is 0 Å². The van der Waals surface area contributed by atoms with Crippen LogP contribution in [-0.4, -0.2) is 49.7 Å². The molecule has 1 amide bonds. The molecular formula is C17H38N4O. The Kier molecular flexibility index (Phi) is 12.5. The van der Waals surface area contributed by atoms with Gasteiger partial charge in [-0.1, -0.05) is 48.0 Å². The van der Waals surface area contributed by atoms with Gasteiger partial charge in [0.05, 0.1) is 6.04 Å². The van der Waals surface area contributed by atoms with Crippen LogP contribution in [0.1, 0.15) is 60.8 Å². The van der Waals surface area contributed by atoms with Crippen LogP contribution in [0.15, 0.2) is 0 Å². The SMILES string of the molecule is CC(C)NCCCC[C@H](NC(C)C)C(=O)NCCNC(C)C. The maximum Gasteiger partial charge on any atom is 0.237 e. The van der Waals surface area contributed by atoms with Gasteiger partial charge in [-0.3, -0.25) is 4.79 Å². The Hall–Kier alpha value is -0.650. The Balaban J connectivity index is 4.01. The van der Waals surface area contributed by atoms with Crippen LogP contribution in [0.25, 0.3) is 0 Å². The van der Waals surface area contributed by atoms with E-state index < -0.39 is 0 Å². The minimum Gasteiger partial charge on any atom is -0.353 e. The number of carbonyl (C=O) groups is 1. The lowest BCUT2D eigenvalue weighted by Gasteiger charge is -2.21. The van der Waals surface area contributed by atoms with Crippen molar-refractivity contribution in [1.82, 2.24) is 21.3 Å². The highest BCUT2D eigenvalue weighted by atomic mass is 16.2. The van der Waals surface area contributed by atoms with E-state index in [1.165, 1.54) is 0 Å². The van der Waals surface area contributed by atoms with E-state index in [1.807, 2.05) is 0 Å². The molecule has 0 aliphatic carbocycles. The Bertz CT molecular complexity index is 280. The third kappa shape index (κ3) is 13.0. The normalized spacial score (nSPS) is 13.1. The van der Waals surface area contributed by atoms with Gasteiger partial charge < -0.3 is 21.3 Å². The molecule has 0 aromatic rings. The molecule has 0 aliphatic rings. The molecule has 22 heavy (non-hydrogen) atoms. The molecule has 0 spiro atoms.